The molecule has 4 saturated carbocycles. The summed E-state index contributed by atoms with van der Waals surface area (Å²) in [5.74, 6) is -0.949. The fourth-order valence-electron chi connectivity index (χ4n) is 3.85. The van der Waals surface area contributed by atoms with Crippen LogP contribution >= 0.6 is 0 Å². The lowest BCUT2D eigenvalue weighted by atomic mass is 9.76. The maximum absolute atomic E-state index is 11.4. The molecule has 0 saturated heterocycles. The highest BCUT2D eigenvalue weighted by Gasteiger charge is 2.55. The summed E-state index contributed by atoms with van der Waals surface area (Å²) < 4.78 is 0. The van der Waals surface area contributed by atoms with Crippen molar-refractivity contribution in [1.29, 1.82) is 0 Å². The van der Waals surface area contributed by atoms with E-state index in [2.05, 4.69) is 0 Å². The number of hydrogen-bond donors (Lipinski definition) is 0. The van der Waals surface area contributed by atoms with Gasteiger partial charge in [0, 0.05) is 23.7 Å². The summed E-state index contributed by atoms with van der Waals surface area (Å²) in [6.07, 6.45) is 3.78. The number of ketones is 5. The largest absolute Gasteiger partial charge is 0.299 e. The predicted octanol–water partition coefficient (Wildman–Crippen LogP) is 0.924. The van der Waals surface area contributed by atoms with Crippen molar-refractivity contribution in [1.82, 2.24) is 0 Å². The maximum atomic E-state index is 11.4. The van der Waals surface area contributed by atoms with Crippen LogP contribution in [0.25, 0.3) is 0 Å². The van der Waals surface area contributed by atoms with Crippen LogP contribution in [-0.2, 0) is 24.0 Å². The Morgan fingerprint density at radius 2 is 1.14 bits per heavy atom. The fourth-order valence-corrected chi connectivity index (χ4v) is 3.85. The second-order valence-corrected chi connectivity index (χ2v) is 6.54. The van der Waals surface area contributed by atoms with E-state index in [0.29, 0.717) is 0 Å². The van der Waals surface area contributed by atoms with Crippen LogP contribution in [0.3, 0.4) is 0 Å². The average molecular weight is 290 g/mol. The normalized spacial score (nSPS) is 39.8. The van der Waals surface area contributed by atoms with Crippen molar-refractivity contribution in [2.24, 2.45) is 29.6 Å². The van der Waals surface area contributed by atoms with E-state index in [1.54, 1.807) is 0 Å². The van der Waals surface area contributed by atoms with Crippen LogP contribution < -0.4 is 0 Å². The maximum Gasteiger partial charge on any atom is 0.154 e. The average Bonchev–Trinajstić information content (AvgIpc) is 2.52. The molecule has 0 amide bonds. The molecule has 0 spiro atoms. The molecule has 112 valence electrons. The van der Waals surface area contributed by atoms with Crippen molar-refractivity contribution in [3.8, 4) is 0 Å². The smallest absolute Gasteiger partial charge is 0.154 e. The summed E-state index contributed by atoms with van der Waals surface area (Å²) in [7, 11) is 0. The summed E-state index contributed by atoms with van der Waals surface area (Å²) in [5, 5.41) is 0. The van der Waals surface area contributed by atoms with Crippen LogP contribution in [-0.4, -0.2) is 28.9 Å². The second kappa shape index (κ2) is 4.97. The van der Waals surface area contributed by atoms with Crippen molar-refractivity contribution in [2.45, 2.75) is 39.0 Å². The summed E-state index contributed by atoms with van der Waals surface area (Å²) in [6, 6.07) is 0. The van der Waals surface area contributed by atoms with Gasteiger partial charge >= 0.3 is 0 Å². The van der Waals surface area contributed by atoms with Crippen molar-refractivity contribution in [3.63, 3.8) is 0 Å². The Kier molecular flexibility index (Phi) is 3.38. The first-order valence-corrected chi connectivity index (χ1v) is 7.55. The Morgan fingerprint density at radius 3 is 1.38 bits per heavy atom. The molecule has 0 bridgehead atoms. The highest BCUT2D eigenvalue weighted by Crippen LogP contribution is 2.45. The molecule has 4 unspecified atom stereocenters. The third kappa shape index (κ3) is 2.10. The summed E-state index contributed by atoms with van der Waals surface area (Å²) in [6.45, 7) is 1.32. The van der Waals surface area contributed by atoms with E-state index in [-0.39, 0.29) is 59.0 Å². The molecule has 0 heterocycles. The van der Waals surface area contributed by atoms with Crippen LogP contribution in [0.1, 0.15) is 39.0 Å². The number of carbonyl (C=O) groups is 5. The van der Waals surface area contributed by atoms with Gasteiger partial charge in [0.2, 0.25) is 0 Å². The molecule has 0 N–H and O–H groups in total. The third-order valence-electron chi connectivity index (χ3n) is 5.43. The van der Waals surface area contributed by atoms with Gasteiger partial charge in [-0.3, -0.25) is 24.0 Å². The van der Waals surface area contributed by atoms with Crippen molar-refractivity contribution in [3.05, 3.63) is 0 Å². The molecular weight excluding hydrogens is 272 g/mol. The monoisotopic (exact) mass is 290 g/mol. The Bertz CT molecular complexity index is 519. The summed E-state index contributed by atoms with van der Waals surface area (Å²) >= 11 is 0. The van der Waals surface area contributed by atoms with E-state index in [1.165, 1.54) is 6.92 Å². The Morgan fingerprint density at radius 1 is 0.762 bits per heavy atom. The molecule has 4 atom stereocenters. The molecule has 4 aliphatic carbocycles. The molecule has 4 fully saturated rings. The lowest BCUT2D eigenvalue weighted by Crippen LogP contribution is -2.27. The lowest BCUT2D eigenvalue weighted by Gasteiger charge is -2.26. The van der Waals surface area contributed by atoms with Crippen LogP contribution in [0.4, 0.5) is 0 Å². The zero-order valence-corrected chi connectivity index (χ0v) is 12.0. The zero-order chi connectivity index (χ0) is 15.3. The highest BCUT2D eigenvalue weighted by molar-refractivity contribution is 6.25. The van der Waals surface area contributed by atoms with Crippen molar-refractivity contribution >= 4 is 28.9 Å². The topological polar surface area (TPSA) is 85.3 Å². The van der Waals surface area contributed by atoms with E-state index in [4.69, 9.17) is 0 Å². The number of fused-ring (bicyclic) bond motifs is 2. The van der Waals surface area contributed by atoms with Gasteiger partial charge < -0.3 is 0 Å². The quantitative estimate of drug-likeness (QED) is 0.670. The second-order valence-electron chi connectivity index (χ2n) is 6.54. The molecule has 4 rings (SSSR count). The Labute approximate surface area is 122 Å². The lowest BCUT2D eigenvalue weighted by molar-refractivity contribution is -0.135. The molecule has 0 aromatic rings. The van der Waals surface area contributed by atoms with E-state index in [0.717, 1.165) is 25.7 Å². The first-order chi connectivity index (χ1) is 9.91. The van der Waals surface area contributed by atoms with E-state index in [9.17, 15) is 24.0 Å². The van der Waals surface area contributed by atoms with Gasteiger partial charge in [0.25, 0.3) is 0 Å². The van der Waals surface area contributed by atoms with E-state index in [1.807, 2.05) is 0 Å². The van der Waals surface area contributed by atoms with E-state index < -0.39 is 5.92 Å². The molecule has 5 heteroatoms. The number of carbonyl (C=O) groups excluding carboxylic acids is 5. The van der Waals surface area contributed by atoms with Crippen molar-refractivity contribution in [2.75, 3.05) is 0 Å². The Balaban J connectivity index is 0.000000131. The Hall–Kier alpha value is -1.65. The standard InChI is InChI=1S/C9H10O3.C7H8O2/c1-4(10)7-8(11)5-2-3-6(5)9(7)12;8-6-3-7(9)5-2-1-4(5)6/h5-7H,2-3H2,1H3;4-5H,1-3H2. The van der Waals surface area contributed by atoms with Gasteiger partial charge in [-0.1, -0.05) is 0 Å². The minimum Gasteiger partial charge on any atom is -0.299 e. The fraction of sp³-hybridized carbons (Fsp3) is 0.688. The zero-order valence-electron chi connectivity index (χ0n) is 12.0. The van der Waals surface area contributed by atoms with Crippen LogP contribution in [0.15, 0.2) is 0 Å². The molecular formula is C16H18O5. The van der Waals surface area contributed by atoms with Gasteiger partial charge in [-0.2, -0.15) is 0 Å². The van der Waals surface area contributed by atoms with Crippen molar-refractivity contribution < 1.29 is 24.0 Å². The van der Waals surface area contributed by atoms with Gasteiger partial charge in [-0.15, -0.1) is 0 Å². The molecule has 0 aromatic heterocycles. The van der Waals surface area contributed by atoms with Crippen LogP contribution in [0.5, 0.6) is 0 Å². The highest BCUT2D eigenvalue weighted by atomic mass is 16.2. The molecule has 0 aliphatic heterocycles. The summed E-state index contributed by atoms with van der Waals surface area (Å²) in [4.78, 5) is 55.3. The SMILES string of the molecule is CC(=O)C1C(=O)C2CCC2C1=O.O=C1CC(=O)C2CCC12. The van der Waals surface area contributed by atoms with Gasteiger partial charge in [-0.05, 0) is 32.6 Å². The molecule has 5 nitrogen and oxygen atoms in total. The predicted molar refractivity (Wildman–Crippen MR) is 71.2 cm³/mol. The minimum absolute atomic E-state index is 0.105. The van der Waals surface area contributed by atoms with Gasteiger partial charge in [0.05, 0.1) is 6.42 Å². The van der Waals surface area contributed by atoms with Crippen LogP contribution in [0, 0.1) is 29.6 Å². The van der Waals surface area contributed by atoms with E-state index >= 15 is 0 Å². The minimum atomic E-state index is -0.900. The van der Waals surface area contributed by atoms with Crippen LogP contribution in [0.2, 0.25) is 0 Å². The number of Topliss-reactive ketones (excluding diaryl/α,β-unsaturated/α-hetero) is 5. The number of rotatable bonds is 1. The van der Waals surface area contributed by atoms with Gasteiger partial charge in [0.15, 0.2) is 11.6 Å². The molecule has 21 heavy (non-hydrogen) atoms. The molecule has 0 aromatic carbocycles. The third-order valence-corrected chi connectivity index (χ3v) is 5.43. The van der Waals surface area contributed by atoms with Gasteiger partial charge in [-0.25, -0.2) is 0 Å². The first kappa shape index (κ1) is 14.3. The molecule has 4 aliphatic rings. The first-order valence-electron chi connectivity index (χ1n) is 7.55. The number of hydrogen-bond acceptors (Lipinski definition) is 5. The molecule has 0 radical (unpaired) electrons. The summed E-state index contributed by atoms with van der Waals surface area (Å²) in [5.41, 5.74) is 0. The van der Waals surface area contributed by atoms with Gasteiger partial charge in [0.1, 0.15) is 23.3 Å².